The van der Waals surface area contributed by atoms with Gasteiger partial charge in [-0.3, -0.25) is 14.4 Å². The molecule has 0 bridgehead atoms. The Bertz CT molecular complexity index is 1030. The average Bonchev–Trinajstić information content (AvgIpc) is 3.13. The lowest BCUT2D eigenvalue weighted by Gasteiger charge is -2.59. The summed E-state index contributed by atoms with van der Waals surface area (Å²) in [6, 6.07) is 0. The van der Waals surface area contributed by atoms with Crippen LogP contribution in [0.25, 0.3) is 0 Å². The van der Waals surface area contributed by atoms with Crippen molar-refractivity contribution in [1.29, 1.82) is 0 Å². The zero-order valence-corrected chi connectivity index (χ0v) is 22.6. The Kier molecular flexibility index (Phi) is 7.45. The van der Waals surface area contributed by atoms with Crippen LogP contribution >= 0.6 is 0 Å². The summed E-state index contributed by atoms with van der Waals surface area (Å²) in [5.41, 5.74) is -1.84. The van der Waals surface area contributed by atoms with Gasteiger partial charge in [0, 0.05) is 23.2 Å². The van der Waals surface area contributed by atoms with Crippen molar-refractivity contribution in [2.75, 3.05) is 13.2 Å². The Morgan fingerprint density at radius 1 is 1.16 bits per heavy atom. The number of esters is 1. The third-order valence-corrected chi connectivity index (χ3v) is 9.51. The molecule has 0 amide bonds. The van der Waals surface area contributed by atoms with Gasteiger partial charge in [-0.2, -0.15) is 0 Å². The van der Waals surface area contributed by atoms with Crippen molar-refractivity contribution in [3.63, 3.8) is 0 Å². The van der Waals surface area contributed by atoms with Gasteiger partial charge in [-0.1, -0.05) is 46.3 Å². The lowest BCUT2D eigenvalue weighted by atomic mass is 9.46. The lowest BCUT2D eigenvalue weighted by Crippen LogP contribution is -2.63. The van der Waals surface area contributed by atoms with Crippen molar-refractivity contribution in [3.8, 4) is 0 Å². The van der Waals surface area contributed by atoms with Gasteiger partial charge in [-0.05, 0) is 62.0 Å². The second kappa shape index (κ2) is 10.0. The van der Waals surface area contributed by atoms with Crippen LogP contribution in [-0.4, -0.2) is 53.7 Å². The molecule has 0 saturated heterocycles. The van der Waals surface area contributed by atoms with Crippen molar-refractivity contribution >= 4 is 23.7 Å². The first-order valence-electron chi connectivity index (χ1n) is 13.5. The molecule has 4 aliphatic carbocycles. The van der Waals surface area contributed by atoms with Crippen molar-refractivity contribution in [2.24, 2.45) is 34.5 Å². The van der Waals surface area contributed by atoms with Crippen LogP contribution in [0.4, 0.5) is 4.79 Å². The number of hydrogen-bond donors (Lipinski definition) is 1. The Morgan fingerprint density at radius 3 is 2.57 bits per heavy atom. The predicted molar refractivity (Wildman–Crippen MR) is 134 cm³/mol. The molecule has 37 heavy (non-hydrogen) atoms. The summed E-state index contributed by atoms with van der Waals surface area (Å²) >= 11 is 0. The van der Waals surface area contributed by atoms with Gasteiger partial charge in [-0.25, -0.2) is 4.79 Å². The number of carbonyl (C=O) groups is 4. The Balaban J connectivity index is 1.68. The van der Waals surface area contributed by atoms with E-state index in [0.29, 0.717) is 6.42 Å². The molecule has 8 heteroatoms. The van der Waals surface area contributed by atoms with E-state index < -0.39 is 47.0 Å². The van der Waals surface area contributed by atoms with E-state index in [4.69, 9.17) is 14.2 Å². The maximum absolute atomic E-state index is 13.8. The number of aliphatic hydroxyl groups excluding tert-OH is 1. The summed E-state index contributed by atoms with van der Waals surface area (Å²) in [6.07, 6.45) is 6.32. The van der Waals surface area contributed by atoms with Crippen molar-refractivity contribution in [1.82, 2.24) is 0 Å². The lowest BCUT2D eigenvalue weighted by molar-refractivity contribution is -0.186. The molecule has 0 aliphatic heterocycles. The van der Waals surface area contributed by atoms with E-state index in [-0.39, 0.29) is 55.3 Å². The van der Waals surface area contributed by atoms with Crippen LogP contribution in [0.1, 0.15) is 73.1 Å². The maximum atomic E-state index is 13.8. The summed E-state index contributed by atoms with van der Waals surface area (Å²) in [5.74, 6) is -0.974. The number of Topliss-reactive ketones (excluding diaryl/α,β-unsaturated/α-hetero) is 1. The number of allylic oxidation sites excluding steroid dienone is 4. The van der Waals surface area contributed by atoms with Gasteiger partial charge < -0.3 is 19.3 Å². The third-order valence-electron chi connectivity index (χ3n) is 9.51. The fraction of sp³-hybridized carbons (Fsp3) is 0.724. The van der Waals surface area contributed by atoms with Crippen LogP contribution < -0.4 is 0 Å². The molecule has 4 rings (SSSR count). The number of aliphatic hydroxyl groups is 1. The largest absolute Gasteiger partial charge is 0.509 e. The van der Waals surface area contributed by atoms with E-state index in [1.807, 2.05) is 26.8 Å². The van der Waals surface area contributed by atoms with E-state index in [1.165, 1.54) is 0 Å². The fourth-order valence-corrected chi connectivity index (χ4v) is 7.77. The standard InChI is InChI=1S/C29H40O8/c1-6-24(33)35-16-23(32)29(37-26(34)36-15-17(2)3)12-10-21-20-8-7-18-13-19(30)9-11-27(18,4)25(20)22(31)14-28(21,29)5/h9,11,13,17,20-22,25,31H,6-8,10,12,14-16H2,1-5H3/t20-,21-,22?,25+,27-,28-,29-/m0/s1. The molecular formula is C29H40O8. The van der Waals surface area contributed by atoms with E-state index in [2.05, 4.69) is 6.92 Å². The molecule has 0 aromatic heterocycles. The van der Waals surface area contributed by atoms with Crippen LogP contribution in [0.2, 0.25) is 0 Å². The van der Waals surface area contributed by atoms with Crippen molar-refractivity contribution in [2.45, 2.75) is 84.8 Å². The highest BCUT2D eigenvalue weighted by Crippen LogP contribution is 2.68. The number of ketones is 2. The predicted octanol–water partition coefficient (Wildman–Crippen LogP) is 4.34. The second-order valence-corrected chi connectivity index (χ2v) is 12.1. The molecule has 0 aromatic carbocycles. The van der Waals surface area contributed by atoms with E-state index in [0.717, 1.165) is 18.4 Å². The third kappa shape index (κ3) is 4.55. The second-order valence-electron chi connectivity index (χ2n) is 12.1. The molecule has 8 nitrogen and oxygen atoms in total. The van der Waals surface area contributed by atoms with E-state index >= 15 is 0 Å². The molecular weight excluding hydrogens is 476 g/mol. The molecule has 4 aliphatic rings. The molecule has 204 valence electrons. The number of ether oxygens (including phenoxy) is 3. The molecule has 0 radical (unpaired) electrons. The van der Waals surface area contributed by atoms with Crippen LogP contribution in [0, 0.1) is 34.5 Å². The minimum Gasteiger partial charge on any atom is -0.457 e. The number of hydrogen-bond acceptors (Lipinski definition) is 8. The maximum Gasteiger partial charge on any atom is 0.509 e. The molecule has 3 fully saturated rings. The average molecular weight is 517 g/mol. The van der Waals surface area contributed by atoms with E-state index in [1.54, 1.807) is 19.1 Å². The number of rotatable bonds is 7. The number of carbonyl (C=O) groups excluding carboxylic acids is 4. The smallest absolute Gasteiger partial charge is 0.457 e. The molecule has 1 N–H and O–H groups in total. The molecule has 7 atom stereocenters. The highest BCUT2D eigenvalue weighted by Gasteiger charge is 2.70. The van der Waals surface area contributed by atoms with Crippen LogP contribution in [0.5, 0.6) is 0 Å². The van der Waals surface area contributed by atoms with Gasteiger partial charge in [0.05, 0.1) is 12.7 Å². The monoisotopic (exact) mass is 516 g/mol. The topological polar surface area (TPSA) is 116 Å². The normalized spacial score (nSPS) is 38.2. The number of fused-ring (bicyclic) bond motifs is 5. The summed E-state index contributed by atoms with van der Waals surface area (Å²) in [6.45, 7) is 9.12. The van der Waals surface area contributed by atoms with Gasteiger partial charge >= 0.3 is 12.1 Å². The molecule has 0 heterocycles. The van der Waals surface area contributed by atoms with Crippen molar-refractivity contribution < 1.29 is 38.5 Å². The Morgan fingerprint density at radius 2 is 1.89 bits per heavy atom. The van der Waals surface area contributed by atoms with Crippen LogP contribution in [-0.2, 0) is 28.6 Å². The van der Waals surface area contributed by atoms with Gasteiger partial charge in [-0.15, -0.1) is 0 Å². The SMILES string of the molecule is CCC(=O)OCC(=O)[C@@]1(OC(=O)OCC(C)C)CC[C@H]2[C@@H]3CCC4=CC(=O)C=C[C@]4(C)[C@H]3C(O)C[C@@]21C. The van der Waals surface area contributed by atoms with Gasteiger partial charge in [0.15, 0.2) is 18.0 Å². The van der Waals surface area contributed by atoms with Crippen LogP contribution in [0.15, 0.2) is 23.8 Å². The zero-order valence-electron chi connectivity index (χ0n) is 22.6. The van der Waals surface area contributed by atoms with Crippen molar-refractivity contribution in [3.05, 3.63) is 23.8 Å². The van der Waals surface area contributed by atoms with Gasteiger partial charge in [0.25, 0.3) is 0 Å². The zero-order chi connectivity index (χ0) is 27.2. The summed E-state index contributed by atoms with van der Waals surface area (Å²) in [7, 11) is 0. The summed E-state index contributed by atoms with van der Waals surface area (Å²) < 4.78 is 16.4. The van der Waals surface area contributed by atoms with Gasteiger partial charge in [0.2, 0.25) is 5.78 Å². The molecule has 0 spiro atoms. The van der Waals surface area contributed by atoms with Gasteiger partial charge in [0.1, 0.15) is 0 Å². The summed E-state index contributed by atoms with van der Waals surface area (Å²) in [5, 5.41) is 11.7. The molecule has 0 aromatic rings. The van der Waals surface area contributed by atoms with E-state index in [9.17, 15) is 24.3 Å². The molecule has 3 saturated carbocycles. The minimum absolute atomic E-state index is 0.00553. The first-order valence-corrected chi connectivity index (χ1v) is 13.5. The minimum atomic E-state index is -1.57. The molecule has 1 unspecified atom stereocenters. The highest BCUT2D eigenvalue weighted by molar-refractivity contribution is 6.01. The Labute approximate surface area is 218 Å². The first kappa shape index (κ1) is 27.6. The quantitative estimate of drug-likeness (QED) is 0.497. The highest BCUT2D eigenvalue weighted by atomic mass is 16.7. The summed E-state index contributed by atoms with van der Waals surface area (Å²) in [4.78, 5) is 50.5. The van der Waals surface area contributed by atoms with Crippen LogP contribution in [0.3, 0.4) is 0 Å². The Hall–Kier alpha value is -2.48. The first-order chi connectivity index (χ1) is 17.4. The fourth-order valence-electron chi connectivity index (χ4n) is 7.77.